The van der Waals surface area contributed by atoms with Crippen molar-refractivity contribution in [1.82, 2.24) is 5.32 Å². The highest BCUT2D eigenvalue weighted by Gasteiger charge is 2.34. The van der Waals surface area contributed by atoms with Gasteiger partial charge in [0.05, 0.1) is 23.8 Å². The molecule has 32 heavy (non-hydrogen) atoms. The number of anilines is 1. The van der Waals surface area contributed by atoms with Gasteiger partial charge in [-0.25, -0.2) is 0 Å². The van der Waals surface area contributed by atoms with Crippen LogP contribution in [-0.2, 0) is 22.3 Å². The smallest absolute Gasteiger partial charge is 0.416 e. The minimum atomic E-state index is -4.54. The van der Waals surface area contributed by atoms with Gasteiger partial charge in [-0.05, 0) is 41.5 Å². The zero-order valence-corrected chi connectivity index (χ0v) is 17.6. The van der Waals surface area contributed by atoms with Gasteiger partial charge in [0.2, 0.25) is 12.7 Å². The Morgan fingerprint density at radius 3 is 2.69 bits per heavy atom. The van der Waals surface area contributed by atoms with E-state index in [-0.39, 0.29) is 18.9 Å². The minimum Gasteiger partial charge on any atom is -0.454 e. The fourth-order valence-corrected chi connectivity index (χ4v) is 3.77. The first-order valence-corrected chi connectivity index (χ1v) is 10.3. The summed E-state index contributed by atoms with van der Waals surface area (Å²) < 4.78 is 56.6. The summed E-state index contributed by atoms with van der Waals surface area (Å²) in [6.45, 7) is 1.81. The number of hydrogen-bond acceptors (Lipinski definition) is 5. The number of nitrogens with zero attached hydrogens (tertiary/aromatic N) is 1. The van der Waals surface area contributed by atoms with Crippen LogP contribution in [0.2, 0.25) is 5.02 Å². The topological polar surface area (TPSA) is 60.0 Å². The molecule has 1 fully saturated rings. The molecule has 2 aliphatic rings. The molecule has 2 aromatic carbocycles. The van der Waals surface area contributed by atoms with Crippen molar-refractivity contribution in [3.63, 3.8) is 0 Å². The molecule has 2 heterocycles. The molecular formula is C22H20ClF3N2O4. The number of benzene rings is 2. The molecule has 2 aliphatic heterocycles. The lowest BCUT2D eigenvalue weighted by atomic mass is 10.0. The van der Waals surface area contributed by atoms with Crippen molar-refractivity contribution in [2.45, 2.75) is 12.7 Å². The first kappa shape index (κ1) is 22.3. The van der Waals surface area contributed by atoms with Gasteiger partial charge in [0.1, 0.15) is 0 Å². The maximum atomic E-state index is 13.6. The van der Waals surface area contributed by atoms with Gasteiger partial charge >= 0.3 is 6.18 Å². The monoisotopic (exact) mass is 468 g/mol. The first-order valence-electron chi connectivity index (χ1n) is 9.89. The summed E-state index contributed by atoms with van der Waals surface area (Å²) in [6.07, 6.45) is -1.82. The van der Waals surface area contributed by atoms with Gasteiger partial charge in [-0.1, -0.05) is 17.7 Å². The molecule has 0 aliphatic carbocycles. The van der Waals surface area contributed by atoms with Gasteiger partial charge in [0.25, 0.3) is 0 Å². The Morgan fingerprint density at radius 2 is 1.94 bits per heavy atom. The number of carbonyl (C=O) groups is 1. The molecule has 10 heteroatoms. The molecule has 1 saturated heterocycles. The van der Waals surface area contributed by atoms with Crippen molar-refractivity contribution in [2.24, 2.45) is 0 Å². The number of alkyl halides is 3. The number of amides is 1. The Labute approximate surface area is 187 Å². The SMILES string of the molecule is O=C(/C=C/c1cc(Cl)c2c(c1)OCO2)NCc1ccc(N2CCOCC2)cc1C(F)(F)F. The number of carbonyl (C=O) groups excluding carboxylic acids is 1. The molecule has 0 radical (unpaired) electrons. The molecule has 0 saturated carbocycles. The summed E-state index contributed by atoms with van der Waals surface area (Å²) in [7, 11) is 0. The Bertz CT molecular complexity index is 1040. The zero-order chi connectivity index (χ0) is 22.7. The first-order chi connectivity index (χ1) is 15.3. The fourth-order valence-electron chi connectivity index (χ4n) is 3.50. The highest BCUT2D eigenvalue weighted by atomic mass is 35.5. The lowest BCUT2D eigenvalue weighted by Crippen LogP contribution is -2.36. The van der Waals surface area contributed by atoms with Crippen LogP contribution in [0.4, 0.5) is 18.9 Å². The molecule has 0 unspecified atom stereocenters. The largest absolute Gasteiger partial charge is 0.454 e. The van der Waals surface area contributed by atoms with Crippen LogP contribution < -0.4 is 19.7 Å². The summed E-state index contributed by atoms with van der Waals surface area (Å²) in [5.74, 6) is 0.366. The predicted octanol–water partition coefficient (Wildman–Crippen LogP) is 4.25. The van der Waals surface area contributed by atoms with Gasteiger partial charge in [0, 0.05) is 31.4 Å². The number of hydrogen-bond donors (Lipinski definition) is 1. The third-order valence-electron chi connectivity index (χ3n) is 5.10. The molecule has 0 atom stereocenters. The maximum absolute atomic E-state index is 13.6. The second-order valence-electron chi connectivity index (χ2n) is 7.23. The third-order valence-corrected chi connectivity index (χ3v) is 5.39. The molecular weight excluding hydrogens is 449 g/mol. The van der Waals surface area contributed by atoms with Crippen molar-refractivity contribution < 1.29 is 32.2 Å². The second-order valence-corrected chi connectivity index (χ2v) is 7.63. The van der Waals surface area contributed by atoms with Gasteiger partial charge in [-0.3, -0.25) is 4.79 Å². The summed E-state index contributed by atoms with van der Waals surface area (Å²) in [5, 5.41) is 2.84. The standard InChI is InChI=1S/C22H20ClF3N2O4/c23-18-9-14(10-19-21(18)32-13-31-19)1-4-20(29)27-12-15-2-3-16(11-17(15)22(24,25)26)28-5-7-30-8-6-28/h1-4,9-11H,5-8,12-13H2,(H,27,29)/b4-1+. The van der Waals surface area contributed by atoms with Gasteiger partial charge < -0.3 is 24.4 Å². The Morgan fingerprint density at radius 1 is 1.16 bits per heavy atom. The van der Waals surface area contributed by atoms with E-state index in [4.69, 9.17) is 25.8 Å². The molecule has 170 valence electrons. The van der Waals surface area contributed by atoms with Crippen LogP contribution in [0.25, 0.3) is 6.08 Å². The predicted molar refractivity (Wildman–Crippen MR) is 113 cm³/mol. The lowest BCUT2D eigenvalue weighted by Gasteiger charge is -2.29. The van der Waals surface area contributed by atoms with E-state index in [2.05, 4.69) is 5.32 Å². The van der Waals surface area contributed by atoms with Gasteiger partial charge in [-0.2, -0.15) is 13.2 Å². The van der Waals surface area contributed by atoms with Crippen LogP contribution in [0.5, 0.6) is 11.5 Å². The second kappa shape index (κ2) is 9.30. The molecule has 0 spiro atoms. The number of halogens is 4. The van der Waals surface area contributed by atoms with E-state index < -0.39 is 17.6 Å². The maximum Gasteiger partial charge on any atom is 0.416 e. The van der Waals surface area contributed by atoms with Crippen LogP contribution in [-0.4, -0.2) is 39.0 Å². The number of ether oxygens (including phenoxy) is 3. The van der Waals surface area contributed by atoms with E-state index in [1.807, 2.05) is 4.90 Å². The number of morpholine rings is 1. The Kier molecular flexibility index (Phi) is 6.48. The summed E-state index contributed by atoms with van der Waals surface area (Å²) in [6, 6.07) is 7.41. The average molecular weight is 469 g/mol. The lowest BCUT2D eigenvalue weighted by molar-refractivity contribution is -0.138. The minimum absolute atomic E-state index is 0.0117. The van der Waals surface area contributed by atoms with Gasteiger partial charge in [-0.15, -0.1) is 0 Å². The van der Waals surface area contributed by atoms with E-state index in [1.54, 1.807) is 18.2 Å². The average Bonchev–Trinajstić information content (AvgIpc) is 3.25. The molecule has 0 bridgehead atoms. The third kappa shape index (κ3) is 5.11. The van der Waals surface area contributed by atoms with Gasteiger partial charge in [0.15, 0.2) is 11.5 Å². The Balaban J connectivity index is 1.44. The summed E-state index contributed by atoms with van der Waals surface area (Å²) in [5.41, 5.74) is 0.297. The number of nitrogens with one attached hydrogen (secondary N) is 1. The van der Waals surface area contributed by atoms with Crippen LogP contribution >= 0.6 is 11.6 Å². The highest BCUT2D eigenvalue weighted by Crippen LogP contribution is 2.40. The van der Waals surface area contributed by atoms with E-state index in [0.717, 1.165) is 6.07 Å². The number of rotatable bonds is 5. The zero-order valence-electron chi connectivity index (χ0n) is 16.9. The van der Waals surface area contributed by atoms with Crippen molar-refractivity contribution in [3.05, 3.63) is 58.1 Å². The Hall–Kier alpha value is -2.91. The fraction of sp³-hybridized carbons (Fsp3) is 0.318. The number of fused-ring (bicyclic) bond motifs is 1. The van der Waals surface area contributed by atoms with Crippen molar-refractivity contribution in [1.29, 1.82) is 0 Å². The molecule has 2 aromatic rings. The highest BCUT2D eigenvalue weighted by molar-refractivity contribution is 6.32. The van der Waals surface area contributed by atoms with Crippen LogP contribution in [0.15, 0.2) is 36.4 Å². The van der Waals surface area contributed by atoms with Crippen LogP contribution in [0, 0.1) is 0 Å². The van der Waals surface area contributed by atoms with E-state index >= 15 is 0 Å². The summed E-state index contributed by atoms with van der Waals surface area (Å²) >= 11 is 6.10. The van der Waals surface area contributed by atoms with E-state index in [9.17, 15) is 18.0 Å². The van der Waals surface area contributed by atoms with E-state index in [0.29, 0.717) is 54.1 Å². The molecule has 1 N–H and O–H groups in total. The van der Waals surface area contributed by atoms with Crippen LogP contribution in [0.3, 0.4) is 0 Å². The van der Waals surface area contributed by atoms with E-state index in [1.165, 1.54) is 18.2 Å². The molecule has 0 aromatic heterocycles. The summed E-state index contributed by atoms with van der Waals surface area (Å²) in [4.78, 5) is 14.0. The van der Waals surface area contributed by atoms with Crippen molar-refractivity contribution in [2.75, 3.05) is 38.0 Å². The molecule has 1 amide bonds. The molecule has 4 rings (SSSR count). The molecule has 6 nitrogen and oxygen atoms in total. The normalized spacial score (nSPS) is 15.9. The van der Waals surface area contributed by atoms with Crippen molar-refractivity contribution >= 4 is 29.3 Å². The van der Waals surface area contributed by atoms with Crippen LogP contribution in [0.1, 0.15) is 16.7 Å². The van der Waals surface area contributed by atoms with Crippen molar-refractivity contribution in [3.8, 4) is 11.5 Å². The quantitative estimate of drug-likeness (QED) is 0.665.